The fraction of sp³-hybridized carbons (Fsp3) is 0.438. The summed E-state index contributed by atoms with van der Waals surface area (Å²) in [4.78, 5) is 12.2. The first-order valence-corrected chi connectivity index (χ1v) is 6.61. The lowest BCUT2D eigenvalue weighted by atomic mass is 10.00. The van der Waals surface area contributed by atoms with Gasteiger partial charge in [-0.15, -0.1) is 0 Å². The third-order valence-electron chi connectivity index (χ3n) is 3.02. The van der Waals surface area contributed by atoms with Gasteiger partial charge < -0.3 is 10.4 Å². The summed E-state index contributed by atoms with van der Waals surface area (Å²) in [5, 5.41) is 11.6. The average molecular weight is 277 g/mol. The largest absolute Gasteiger partial charge is 0.395 e. The van der Waals surface area contributed by atoms with Crippen molar-refractivity contribution in [2.75, 3.05) is 6.61 Å². The van der Waals surface area contributed by atoms with Crippen LogP contribution in [-0.4, -0.2) is 23.2 Å². The molecule has 0 bridgehead atoms. The summed E-state index contributed by atoms with van der Waals surface area (Å²) in [7, 11) is 0. The van der Waals surface area contributed by atoms with E-state index >= 15 is 0 Å². The van der Waals surface area contributed by atoms with Crippen LogP contribution < -0.4 is 5.32 Å². The Hall–Kier alpha value is -1.86. The molecule has 0 aliphatic rings. The molecule has 3 nitrogen and oxygen atoms in total. The van der Waals surface area contributed by atoms with E-state index in [0.717, 1.165) is 6.42 Å². The Bertz CT molecular complexity index is 541. The van der Waals surface area contributed by atoms with Crippen LogP contribution in [0.4, 0.5) is 4.39 Å². The zero-order valence-electron chi connectivity index (χ0n) is 12.1. The molecule has 4 heteroatoms. The van der Waals surface area contributed by atoms with Crippen molar-refractivity contribution in [3.05, 3.63) is 35.1 Å². The van der Waals surface area contributed by atoms with Crippen molar-refractivity contribution >= 4 is 5.91 Å². The fourth-order valence-corrected chi connectivity index (χ4v) is 1.49. The maximum Gasteiger partial charge on any atom is 0.253 e. The summed E-state index contributed by atoms with van der Waals surface area (Å²) in [5.41, 5.74) is 0.320. The van der Waals surface area contributed by atoms with Crippen LogP contribution in [0, 0.1) is 17.7 Å². The number of carbonyl (C=O) groups excluding carboxylic acids is 1. The minimum absolute atomic E-state index is 0.0431. The SMILES string of the molecule is CCC(C)(C)NC(=O)c1cc(F)ccc1C#CCCO. The second-order valence-corrected chi connectivity index (χ2v) is 5.16. The maximum atomic E-state index is 13.3. The van der Waals surface area contributed by atoms with Gasteiger partial charge in [-0.05, 0) is 38.5 Å². The van der Waals surface area contributed by atoms with Crippen molar-refractivity contribution in [2.45, 2.75) is 39.2 Å². The standard InChI is InChI=1S/C16H20FNO2/c1-4-16(2,3)18-15(20)14-11-13(17)9-8-12(14)7-5-6-10-19/h8-9,11,19H,4,6,10H2,1-3H3,(H,18,20). The van der Waals surface area contributed by atoms with Gasteiger partial charge in [0.2, 0.25) is 0 Å². The third-order valence-corrected chi connectivity index (χ3v) is 3.02. The molecule has 0 saturated heterocycles. The quantitative estimate of drug-likeness (QED) is 0.831. The minimum atomic E-state index is -0.475. The predicted molar refractivity (Wildman–Crippen MR) is 76.8 cm³/mol. The lowest BCUT2D eigenvalue weighted by molar-refractivity contribution is 0.0910. The summed E-state index contributed by atoms with van der Waals surface area (Å²) >= 11 is 0. The first kappa shape index (κ1) is 16.2. The molecule has 0 aromatic heterocycles. The number of carbonyl (C=O) groups is 1. The highest BCUT2D eigenvalue weighted by Gasteiger charge is 2.20. The molecule has 1 aromatic carbocycles. The van der Waals surface area contributed by atoms with Gasteiger partial charge >= 0.3 is 0 Å². The number of hydrogen-bond donors (Lipinski definition) is 2. The molecule has 1 aromatic rings. The van der Waals surface area contributed by atoms with Gasteiger partial charge in [0.15, 0.2) is 0 Å². The summed E-state index contributed by atoms with van der Waals surface area (Å²) in [6, 6.07) is 3.93. The molecule has 0 saturated carbocycles. The highest BCUT2D eigenvalue weighted by Crippen LogP contribution is 2.14. The van der Waals surface area contributed by atoms with Crippen LogP contribution >= 0.6 is 0 Å². The van der Waals surface area contributed by atoms with Crippen molar-refractivity contribution in [1.82, 2.24) is 5.32 Å². The number of benzene rings is 1. The Balaban J connectivity index is 3.07. The summed E-state index contributed by atoms with van der Waals surface area (Å²) in [6.45, 7) is 5.73. The Kier molecular flexibility index (Phi) is 5.72. The van der Waals surface area contributed by atoms with Crippen LogP contribution in [0.1, 0.15) is 49.5 Å². The van der Waals surface area contributed by atoms with E-state index in [9.17, 15) is 9.18 Å². The maximum absolute atomic E-state index is 13.3. The van der Waals surface area contributed by atoms with Gasteiger partial charge in [0, 0.05) is 17.5 Å². The molecule has 20 heavy (non-hydrogen) atoms. The lowest BCUT2D eigenvalue weighted by Gasteiger charge is -2.24. The fourth-order valence-electron chi connectivity index (χ4n) is 1.49. The molecule has 0 fully saturated rings. The highest BCUT2D eigenvalue weighted by molar-refractivity contribution is 5.97. The van der Waals surface area contributed by atoms with E-state index in [1.165, 1.54) is 18.2 Å². The molecular weight excluding hydrogens is 257 g/mol. The van der Waals surface area contributed by atoms with E-state index in [1.807, 2.05) is 20.8 Å². The van der Waals surface area contributed by atoms with Crippen molar-refractivity contribution in [2.24, 2.45) is 0 Å². The molecule has 1 amide bonds. The summed E-state index contributed by atoms with van der Waals surface area (Å²) in [5.74, 6) is 4.71. The lowest BCUT2D eigenvalue weighted by Crippen LogP contribution is -2.43. The Morgan fingerprint density at radius 1 is 1.45 bits per heavy atom. The van der Waals surface area contributed by atoms with Crippen molar-refractivity contribution in [3.8, 4) is 11.8 Å². The monoisotopic (exact) mass is 277 g/mol. The van der Waals surface area contributed by atoms with Crippen LogP contribution in [0.25, 0.3) is 0 Å². The number of hydrogen-bond acceptors (Lipinski definition) is 2. The van der Waals surface area contributed by atoms with Crippen molar-refractivity contribution < 1.29 is 14.3 Å². The first-order chi connectivity index (χ1) is 9.39. The molecule has 2 N–H and O–H groups in total. The Morgan fingerprint density at radius 3 is 2.75 bits per heavy atom. The topological polar surface area (TPSA) is 49.3 Å². The van der Waals surface area contributed by atoms with Crippen molar-refractivity contribution in [1.29, 1.82) is 0 Å². The predicted octanol–water partition coefficient (Wildman–Crippen LogP) is 2.48. The Morgan fingerprint density at radius 2 is 2.15 bits per heavy atom. The molecule has 0 unspecified atom stereocenters. The zero-order chi connectivity index (χ0) is 15.2. The number of amides is 1. The van der Waals surface area contributed by atoms with Gasteiger partial charge in [-0.2, -0.15) is 0 Å². The first-order valence-electron chi connectivity index (χ1n) is 6.61. The van der Waals surface area contributed by atoms with E-state index in [-0.39, 0.29) is 23.6 Å². The molecule has 0 heterocycles. The second-order valence-electron chi connectivity index (χ2n) is 5.16. The molecular formula is C16H20FNO2. The number of aliphatic hydroxyl groups is 1. The van der Waals surface area contributed by atoms with Gasteiger partial charge in [0.1, 0.15) is 5.82 Å². The molecule has 0 aliphatic heterocycles. The summed E-state index contributed by atoms with van der Waals surface area (Å²) < 4.78 is 13.3. The molecule has 1 rings (SSSR count). The van der Waals surface area contributed by atoms with E-state index in [1.54, 1.807) is 0 Å². The number of rotatable bonds is 4. The van der Waals surface area contributed by atoms with Gasteiger partial charge in [-0.25, -0.2) is 4.39 Å². The molecule has 108 valence electrons. The van der Waals surface area contributed by atoms with Crippen LogP contribution in [0.2, 0.25) is 0 Å². The third kappa shape index (κ3) is 4.67. The minimum Gasteiger partial charge on any atom is -0.395 e. The van der Waals surface area contributed by atoms with E-state index in [4.69, 9.17) is 5.11 Å². The second kappa shape index (κ2) is 7.06. The van der Waals surface area contributed by atoms with Gasteiger partial charge in [-0.1, -0.05) is 18.8 Å². The highest BCUT2D eigenvalue weighted by atomic mass is 19.1. The number of nitrogens with one attached hydrogen (secondary N) is 1. The van der Waals surface area contributed by atoms with Crippen LogP contribution in [0.3, 0.4) is 0 Å². The number of halogens is 1. The smallest absolute Gasteiger partial charge is 0.253 e. The van der Waals surface area contributed by atoms with E-state index in [0.29, 0.717) is 12.0 Å². The van der Waals surface area contributed by atoms with Gasteiger partial charge in [0.05, 0.1) is 12.2 Å². The molecule has 0 radical (unpaired) electrons. The molecule has 0 spiro atoms. The summed E-state index contributed by atoms with van der Waals surface area (Å²) in [6.07, 6.45) is 1.08. The molecule has 0 atom stereocenters. The van der Waals surface area contributed by atoms with E-state index in [2.05, 4.69) is 17.2 Å². The van der Waals surface area contributed by atoms with Crippen molar-refractivity contribution in [3.63, 3.8) is 0 Å². The van der Waals surface area contributed by atoms with Crippen LogP contribution in [0.15, 0.2) is 18.2 Å². The molecule has 0 aliphatic carbocycles. The normalized spacial score (nSPS) is 10.7. The Labute approximate surface area is 119 Å². The zero-order valence-corrected chi connectivity index (χ0v) is 12.1. The number of aliphatic hydroxyl groups excluding tert-OH is 1. The van der Waals surface area contributed by atoms with Gasteiger partial charge in [-0.3, -0.25) is 4.79 Å². The van der Waals surface area contributed by atoms with Gasteiger partial charge in [0.25, 0.3) is 5.91 Å². The van der Waals surface area contributed by atoms with E-state index < -0.39 is 5.82 Å². The average Bonchev–Trinajstić information content (AvgIpc) is 2.40. The van der Waals surface area contributed by atoms with Crippen LogP contribution in [-0.2, 0) is 0 Å². The van der Waals surface area contributed by atoms with Crippen LogP contribution in [0.5, 0.6) is 0 Å².